The lowest BCUT2D eigenvalue weighted by Crippen LogP contribution is -2.50. The number of carbonyl (C=O) groups is 1. The Balaban J connectivity index is 1.15. The van der Waals surface area contributed by atoms with Crippen LogP contribution < -0.4 is 9.47 Å². The van der Waals surface area contributed by atoms with Crippen LogP contribution in [0.1, 0.15) is 29.2 Å². The first-order valence-electron chi connectivity index (χ1n) is 10.1. The number of hydrogen-bond donors (Lipinski definition) is 1. The highest BCUT2D eigenvalue weighted by atomic mass is 16.7. The minimum atomic E-state index is 0.0905. The molecule has 5 rings (SSSR count). The number of nitrogens with zero attached hydrogens (tertiary/aromatic N) is 3. The van der Waals surface area contributed by atoms with Gasteiger partial charge in [0, 0.05) is 50.8 Å². The molecule has 3 heterocycles. The molecule has 7 heteroatoms. The normalized spacial score (nSPS) is 21.6. The number of ether oxygens (including phenoxy) is 2. The maximum Gasteiger partial charge on any atom is 0.231 e. The van der Waals surface area contributed by atoms with Crippen molar-refractivity contribution < 1.29 is 14.3 Å². The van der Waals surface area contributed by atoms with Crippen molar-refractivity contribution >= 4 is 5.91 Å². The number of benzene rings is 1. The molecule has 1 aromatic heterocycles. The molecule has 2 aliphatic heterocycles. The van der Waals surface area contributed by atoms with E-state index in [9.17, 15) is 4.79 Å². The Kier molecular flexibility index (Phi) is 4.47. The van der Waals surface area contributed by atoms with Crippen molar-refractivity contribution in [2.45, 2.75) is 32.7 Å². The van der Waals surface area contributed by atoms with Crippen molar-refractivity contribution in [2.75, 3.05) is 33.0 Å². The van der Waals surface area contributed by atoms with E-state index in [-0.39, 0.29) is 5.92 Å². The molecule has 1 atom stereocenters. The van der Waals surface area contributed by atoms with Gasteiger partial charge >= 0.3 is 0 Å². The van der Waals surface area contributed by atoms with Crippen LogP contribution in [0.25, 0.3) is 0 Å². The molecule has 0 unspecified atom stereocenters. The Morgan fingerprint density at radius 2 is 2.04 bits per heavy atom. The molecule has 1 fully saturated rings. The van der Waals surface area contributed by atoms with Gasteiger partial charge in [-0.05, 0) is 37.5 Å². The second kappa shape index (κ2) is 7.13. The maximum atomic E-state index is 13.0. The van der Waals surface area contributed by atoms with Crippen LogP contribution in [0.5, 0.6) is 11.5 Å². The molecule has 0 bridgehead atoms. The number of H-pyrrole nitrogens is 1. The van der Waals surface area contributed by atoms with Crippen molar-refractivity contribution in [3.8, 4) is 11.5 Å². The summed E-state index contributed by atoms with van der Waals surface area (Å²) in [6.07, 6.45) is 2.61. The quantitative estimate of drug-likeness (QED) is 0.878. The van der Waals surface area contributed by atoms with Crippen LogP contribution in [0.3, 0.4) is 0 Å². The molecule has 1 amide bonds. The van der Waals surface area contributed by atoms with Gasteiger partial charge in [0.2, 0.25) is 12.7 Å². The van der Waals surface area contributed by atoms with E-state index in [0.29, 0.717) is 12.7 Å². The molecule has 1 aromatic carbocycles. The topological polar surface area (TPSA) is 70.7 Å². The molecule has 1 aliphatic carbocycles. The summed E-state index contributed by atoms with van der Waals surface area (Å²) < 4.78 is 10.8. The molecule has 28 heavy (non-hydrogen) atoms. The predicted octanol–water partition coefficient (Wildman–Crippen LogP) is 1.90. The van der Waals surface area contributed by atoms with Crippen molar-refractivity contribution in [3.63, 3.8) is 0 Å². The largest absolute Gasteiger partial charge is 0.454 e. The summed E-state index contributed by atoms with van der Waals surface area (Å²) >= 11 is 0. The number of carbonyl (C=O) groups excluding carboxylic acids is 1. The highest BCUT2D eigenvalue weighted by Crippen LogP contribution is 2.33. The molecule has 1 N–H and O–H groups in total. The van der Waals surface area contributed by atoms with E-state index >= 15 is 0 Å². The van der Waals surface area contributed by atoms with Crippen molar-refractivity contribution in [1.82, 2.24) is 19.8 Å². The molecule has 0 saturated carbocycles. The van der Waals surface area contributed by atoms with Crippen molar-refractivity contribution in [2.24, 2.45) is 5.92 Å². The van der Waals surface area contributed by atoms with Crippen LogP contribution in [-0.4, -0.2) is 58.6 Å². The summed E-state index contributed by atoms with van der Waals surface area (Å²) in [7, 11) is 0. The average molecular weight is 382 g/mol. The number of amides is 1. The molecular weight excluding hydrogens is 356 g/mol. The first-order chi connectivity index (χ1) is 13.7. The molecule has 148 valence electrons. The van der Waals surface area contributed by atoms with Gasteiger partial charge in [0.1, 0.15) is 5.82 Å². The molecule has 0 spiro atoms. The van der Waals surface area contributed by atoms with Crippen molar-refractivity contribution in [3.05, 3.63) is 41.0 Å². The Morgan fingerprint density at radius 3 is 2.89 bits per heavy atom. The van der Waals surface area contributed by atoms with Crippen LogP contribution >= 0.6 is 0 Å². The Morgan fingerprint density at radius 1 is 1.21 bits per heavy atom. The number of aryl methyl sites for hydroxylation is 2. The minimum Gasteiger partial charge on any atom is -0.454 e. The van der Waals surface area contributed by atoms with E-state index in [4.69, 9.17) is 9.47 Å². The molecule has 1 saturated heterocycles. The number of hydrogen-bond acceptors (Lipinski definition) is 5. The third-order valence-corrected chi connectivity index (χ3v) is 6.04. The van der Waals surface area contributed by atoms with Gasteiger partial charge in [-0.25, -0.2) is 4.98 Å². The second-order valence-electron chi connectivity index (χ2n) is 7.98. The average Bonchev–Trinajstić information content (AvgIpc) is 3.32. The van der Waals surface area contributed by atoms with Crippen LogP contribution in [0.4, 0.5) is 0 Å². The first kappa shape index (κ1) is 17.6. The predicted molar refractivity (Wildman–Crippen MR) is 103 cm³/mol. The van der Waals surface area contributed by atoms with E-state index in [1.807, 2.05) is 13.0 Å². The SMILES string of the molecule is Cc1nc2c([nH]1)C[C@@H](C(=O)N1CCN(Cc3ccc4c(c3)OCO4)CC1)CC2. The van der Waals surface area contributed by atoms with E-state index in [2.05, 4.69) is 31.9 Å². The van der Waals surface area contributed by atoms with E-state index in [1.54, 1.807) is 0 Å². The number of imidazole rings is 1. The van der Waals surface area contributed by atoms with Gasteiger partial charge < -0.3 is 19.4 Å². The van der Waals surface area contributed by atoms with E-state index in [0.717, 1.165) is 80.7 Å². The van der Waals surface area contributed by atoms with Crippen molar-refractivity contribution in [1.29, 1.82) is 0 Å². The summed E-state index contributed by atoms with van der Waals surface area (Å²) in [4.78, 5) is 25.3. The van der Waals surface area contributed by atoms with Gasteiger partial charge in [-0.2, -0.15) is 0 Å². The number of rotatable bonds is 3. The molecule has 0 radical (unpaired) electrons. The standard InChI is InChI=1S/C21H26N4O3/c1-14-22-17-4-3-16(11-18(17)23-14)21(26)25-8-6-24(7-9-25)12-15-2-5-19-20(10-15)28-13-27-19/h2,5,10,16H,3-4,6-9,11-13H2,1H3,(H,22,23)/t16-/m0/s1. The molecule has 3 aliphatic rings. The van der Waals surface area contributed by atoms with Gasteiger partial charge in [-0.1, -0.05) is 6.07 Å². The molecule has 2 aromatic rings. The molecule has 7 nitrogen and oxygen atoms in total. The number of aromatic amines is 1. The lowest BCUT2D eigenvalue weighted by atomic mass is 9.88. The third kappa shape index (κ3) is 3.35. The fourth-order valence-corrected chi connectivity index (χ4v) is 4.52. The lowest BCUT2D eigenvalue weighted by molar-refractivity contribution is -0.137. The number of aromatic nitrogens is 2. The van der Waals surface area contributed by atoms with Gasteiger partial charge in [0.15, 0.2) is 11.5 Å². The maximum absolute atomic E-state index is 13.0. The van der Waals surface area contributed by atoms with Crippen LogP contribution in [-0.2, 0) is 24.2 Å². The minimum absolute atomic E-state index is 0.0905. The van der Waals surface area contributed by atoms with Gasteiger partial charge in [0.05, 0.1) is 5.69 Å². The number of nitrogens with one attached hydrogen (secondary N) is 1. The van der Waals surface area contributed by atoms with Crippen LogP contribution in [0.15, 0.2) is 18.2 Å². The molecular formula is C21H26N4O3. The van der Waals surface area contributed by atoms with Gasteiger partial charge in [0.25, 0.3) is 0 Å². The monoisotopic (exact) mass is 382 g/mol. The summed E-state index contributed by atoms with van der Waals surface area (Å²) in [5.41, 5.74) is 3.53. The number of fused-ring (bicyclic) bond motifs is 2. The fourth-order valence-electron chi connectivity index (χ4n) is 4.52. The first-order valence-corrected chi connectivity index (χ1v) is 10.1. The summed E-state index contributed by atoms with van der Waals surface area (Å²) in [6.45, 7) is 6.57. The van der Waals surface area contributed by atoms with Crippen LogP contribution in [0.2, 0.25) is 0 Å². The smallest absolute Gasteiger partial charge is 0.231 e. The summed E-state index contributed by atoms with van der Waals surface area (Å²) in [6, 6.07) is 6.13. The van der Waals surface area contributed by atoms with E-state index < -0.39 is 0 Å². The summed E-state index contributed by atoms with van der Waals surface area (Å²) in [5, 5.41) is 0. The Bertz CT molecular complexity index is 886. The lowest BCUT2D eigenvalue weighted by Gasteiger charge is -2.37. The zero-order chi connectivity index (χ0) is 19.1. The zero-order valence-corrected chi connectivity index (χ0v) is 16.2. The summed E-state index contributed by atoms with van der Waals surface area (Å²) in [5.74, 6) is 3.00. The second-order valence-corrected chi connectivity index (χ2v) is 7.98. The highest BCUT2D eigenvalue weighted by molar-refractivity contribution is 5.79. The van der Waals surface area contributed by atoms with Gasteiger partial charge in [-0.3, -0.25) is 9.69 Å². The third-order valence-electron chi connectivity index (χ3n) is 6.04. The Labute approximate surface area is 164 Å². The van der Waals surface area contributed by atoms with Crippen LogP contribution in [0, 0.1) is 12.8 Å². The fraction of sp³-hybridized carbons (Fsp3) is 0.524. The zero-order valence-electron chi connectivity index (χ0n) is 16.2. The highest BCUT2D eigenvalue weighted by Gasteiger charge is 2.31. The number of piperazine rings is 1. The van der Waals surface area contributed by atoms with Gasteiger partial charge in [-0.15, -0.1) is 0 Å². The Hall–Kier alpha value is -2.54. The van der Waals surface area contributed by atoms with E-state index in [1.165, 1.54) is 5.56 Å².